The summed E-state index contributed by atoms with van der Waals surface area (Å²) in [5.74, 6) is 1.80. The van der Waals surface area contributed by atoms with E-state index >= 15 is 0 Å². The molecule has 3 aromatic rings. The highest BCUT2D eigenvalue weighted by molar-refractivity contribution is 9.10. The molecule has 0 saturated carbocycles. The van der Waals surface area contributed by atoms with Gasteiger partial charge in [-0.15, -0.1) is 0 Å². The lowest BCUT2D eigenvalue weighted by Gasteiger charge is -2.07. The molecule has 0 bridgehead atoms. The van der Waals surface area contributed by atoms with Crippen molar-refractivity contribution in [3.05, 3.63) is 88.0 Å². The van der Waals surface area contributed by atoms with E-state index in [-0.39, 0.29) is 11.5 Å². The van der Waals surface area contributed by atoms with Gasteiger partial charge in [-0.3, -0.25) is 4.79 Å². The van der Waals surface area contributed by atoms with Crippen molar-refractivity contribution in [1.29, 1.82) is 0 Å². The smallest absolute Gasteiger partial charge is 0.232 e. The molecule has 0 spiro atoms. The van der Waals surface area contributed by atoms with E-state index in [0.717, 1.165) is 10.0 Å². The lowest BCUT2D eigenvalue weighted by atomic mass is 10.1. The van der Waals surface area contributed by atoms with Crippen molar-refractivity contribution in [2.45, 2.75) is 6.61 Å². The van der Waals surface area contributed by atoms with Crippen LogP contribution in [0.5, 0.6) is 11.5 Å². The summed E-state index contributed by atoms with van der Waals surface area (Å²) in [6, 6.07) is 16.7. The van der Waals surface area contributed by atoms with Crippen molar-refractivity contribution in [2.24, 2.45) is 0 Å². The topological polar surface area (TPSA) is 48.7 Å². The second kappa shape index (κ2) is 6.61. The Morgan fingerprint density at radius 1 is 1.08 bits per heavy atom. The van der Waals surface area contributed by atoms with Crippen molar-refractivity contribution < 1.29 is 18.7 Å². The Bertz CT molecular complexity index is 940. The van der Waals surface area contributed by atoms with E-state index in [0.29, 0.717) is 29.4 Å². The number of halogens is 1. The van der Waals surface area contributed by atoms with Crippen LogP contribution in [0.4, 0.5) is 0 Å². The van der Waals surface area contributed by atoms with E-state index in [1.165, 1.54) is 0 Å². The van der Waals surface area contributed by atoms with Gasteiger partial charge in [0, 0.05) is 16.6 Å². The van der Waals surface area contributed by atoms with Gasteiger partial charge in [-0.1, -0.05) is 28.1 Å². The molecule has 4 nitrogen and oxygen atoms in total. The quantitative estimate of drug-likeness (QED) is 0.566. The van der Waals surface area contributed by atoms with Crippen LogP contribution >= 0.6 is 15.9 Å². The van der Waals surface area contributed by atoms with Gasteiger partial charge in [0.05, 0.1) is 11.8 Å². The highest BCUT2D eigenvalue weighted by Crippen LogP contribution is 2.35. The zero-order chi connectivity index (χ0) is 17.2. The highest BCUT2D eigenvalue weighted by atomic mass is 79.9. The second-order valence-corrected chi connectivity index (χ2v) is 6.44. The van der Waals surface area contributed by atoms with Gasteiger partial charge in [0.2, 0.25) is 5.78 Å². The van der Waals surface area contributed by atoms with E-state index in [1.54, 1.807) is 42.7 Å². The van der Waals surface area contributed by atoms with Crippen LogP contribution in [-0.2, 0) is 6.61 Å². The lowest BCUT2D eigenvalue weighted by Crippen LogP contribution is -1.97. The van der Waals surface area contributed by atoms with Gasteiger partial charge in [0.15, 0.2) is 5.76 Å². The molecule has 0 amide bonds. The number of carbonyl (C=O) groups is 1. The molecule has 0 N–H and O–H groups in total. The summed E-state index contributed by atoms with van der Waals surface area (Å²) in [6.45, 7) is 0.440. The van der Waals surface area contributed by atoms with Gasteiger partial charge in [-0.2, -0.15) is 0 Å². The summed E-state index contributed by atoms with van der Waals surface area (Å²) < 4.78 is 17.7. The number of hydrogen-bond acceptors (Lipinski definition) is 4. The summed E-state index contributed by atoms with van der Waals surface area (Å²) in [5.41, 5.74) is 1.58. The maximum Gasteiger partial charge on any atom is 0.232 e. The van der Waals surface area contributed by atoms with Crippen molar-refractivity contribution in [3.8, 4) is 11.5 Å². The molecule has 4 rings (SSSR count). The van der Waals surface area contributed by atoms with Gasteiger partial charge in [-0.25, -0.2) is 0 Å². The number of carbonyl (C=O) groups excluding carboxylic acids is 1. The molecule has 124 valence electrons. The largest absolute Gasteiger partial charge is 0.489 e. The Hall–Kier alpha value is -2.79. The van der Waals surface area contributed by atoms with E-state index in [9.17, 15) is 4.79 Å². The van der Waals surface area contributed by atoms with Crippen molar-refractivity contribution in [1.82, 2.24) is 0 Å². The maximum absolute atomic E-state index is 12.4. The minimum absolute atomic E-state index is 0.161. The summed E-state index contributed by atoms with van der Waals surface area (Å²) in [7, 11) is 0. The molecule has 0 unspecified atom stereocenters. The number of allylic oxidation sites excluding steroid dienone is 1. The zero-order valence-electron chi connectivity index (χ0n) is 13.1. The molecule has 0 atom stereocenters. The molecule has 1 aliphatic heterocycles. The van der Waals surface area contributed by atoms with Gasteiger partial charge < -0.3 is 13.9 Å². The average Bonchev–Trinajstić information content (AvgIpc) is 3.23. The molecule has 0 aliphatic carbocycles. The Labute approximate surface area is 152 Å². The van der Waals surface area contributed by atoms with E-state index < -0.39 is 0 Å². The molecule has 0 radical (unpaired) electrons. The molecular formula is C20H13BrO4. The first-order valence-electron chi connectivity index (χ1n) is 7.68. The molecule has 0 fully saturated rings. The number of benzene rings is 2. The lowest BCUT2D eigenvalue weighted by molar-refractivity contribution is 0.101. The van der Waals surface area contributed by atoms with Crippen molar-refractivity contribution >= 4 is 27.8 Å². The number of fused-ring (bicyclic) bond motifs is 1. The average molecular weight is 397 g/mol. The third-order valence-corrected chi connectivity index (χ3v) is 4.31. The van der Waals surface area contributed by atoms with Gasteiger partial charge in [-0.05, 0) is 42.0 Å². The van der Waals surface area contributed by atoms with Gasteiger partial charge in [0.1, 0.15) is 23.9 Å². The van der Waals surface area contributed by atoms with Crippen molar-refractivity contribution in [3.63, 3.8) is 0 Å². The standard InChI is InChI=1S/C20H13BrO4/c21-14-5-3-13(4-6-14)12-24-16-7-8-17-18(10-16)25-19(20(17)22)11-15-2-1-9-23-15/h1-11H,12H2/b19-11-. The Morgan fingerprint density at radius 3 is 2.68 bits per heavy atom. The van der Waals surface area contributed by atoms with Crippen LogP contribution in [0, 0.1) is 0 Å². The first-order chi connectivity index (χ1) is 12.2. The van der Waals surface area contributed by atoms with E-state index in [1.807, 2.05) is 24.3 Å². The monoisotopic (exact) mass is 396 g/mol. The van der Waals surface area contributed by atoms with E-state index in [4.69, 9.17) is 13.9 Å². The normalized spacial score (nSPS) is 14.4. The number of rotatable bonds is 4. The zero-order valence-corrected chi connectivity index (χ0v) is 14.7. The first-order valence-corrected chi connectivity index (χ1v) is 8.47. The summed E-state index contributed by atoms with van der Waals surface area (Å²) in [6.07, 6.45) is 3.14. The van der Waals surface area contributed by atoms with Crippen LogP contribution in [0.1, 0.15) is 21.7 Å². The Balaban J connectivity index is 1.50. The molecule has 2 heterocycles. The van der Waals surface area contributed by atoms with Gasteiger partial charge >= 0.3 is 0 Å². The second-order valence-electron chi connectivity index (χ2n) is 5.53. The number of hydrogen-bond donors (Lipinski definition) is 0. The summed E-state index contributed by atoms with van der Waals surface area (Å²) in [5, 5.41) is 0. The number of ketones is 1. The van der Waals surface area contributed by atoms with Crippen LogP contribution in [-0.4, -0.2) is 5.78 Å². The molecular weight excluding hydrogens is 384 g/mol. The first kappa shape index (κ1) is 15.7. The minimum Gasteiger partial charge on any atom is -0.489 e. The van der Waals surface area contributed by atoms with Crippen LogP contribution in [0.15, 0.2) is 75.5 Å². The number of Topliss-reactive ketones (excluding diaryl/α,β-unsaturated/α-hetero) is 1. The third-order valence-electron chi connectivity index (χ3n) is 3.78. The Kier molecular flexibility index (Phi) is 4.15. The van der Waals surface area contributed by atoms with Crippen molar-refractivity contribution in [2.75, 3.05) is 0 Å². The van der Waals surface area contributed by atoms with Gasteiger partial charge in [0.25, 0.3) is 0 Å². The summed E-state index contributed by atoms with van der Waals surface area (Å²) in [4.78, 5) is 12.4. The fraction of sp³-hybridized carbons (Fsp3) is 0.0500. The predicted molar refractivity (Wildman–Crippen MR) is 96.6 cm³/mol. The minimum atomic E-state index is -0.161. The third kappa shape index (κ3) is 3.37. The number of ether oxygens (including phenoxy) is 2. The molecule has 1 aromatic heterocycles. The maximum atomic E-state index is 12.4. The Morgan fingerprint density at radius 2 is 1.92 bits per heavy atom. The van der Waals surface area contributed by atoms with Crippen LogP contribution in [0.3, 0.4) is 0 Å². The van der Waals surface area contributed by atoms with E-state index in [2.05, 4.69) is 15.9 Å². The summed E-state index contributed by atoms with van der Waals surface area (Å²) >= 11 is 3.41. The highest BCUT2D eigenvalue weighted by Gasteiger charge is 2.28. The number of furan rings is 1. The van der Waals surface area contributed by atoms with Crippen LogP contribution < -0.4 is 9.47 Å². The van der Waals surface area contributed by atoms with Crippen LogP contribution in [0.2, 0.25) is 0 Å². The molecule has 25 heavy (non-hydrogen) atoms. The fourth-order valence-corrected chi connectivity index (χ4v) is 2.77. The molecule has 2 aromatic carbocycles. The molecule has 1 aliphatic rings. The molecule has 5 heteroatoms. The SMILES string of the molecule is O=C1/C(=C/c2ccco2)Oc2cc(OCc3ccc(Br)cc3)ccc21. The molecule has 0 saturated heterocycles. The fourth-order valence-electron chi connectivity index (χ4n) is 2.51. The van der Waals surface area contributed by atoms with Crippen LogP contribution in [0.25, 0.3) is 6.08 Å². The predicted octanol–water partition coefficient (Wildman–Crippen LogP) is 5.24.